The molecular formula is C15H17BrF3N3O3S. The van der Waals surface area contributed by atoms with Crippen LogP contribution in [-0.2, 0) is 22.7 Å². The highest BCUT2D eigenvalue weighted by Gasteiger charge is 2.37. The van der Waals surface area contributed by atoms with Gasteiger partial charge in [-0.2, -0.15) is 18.3 Å². The molecule has 0 amide bonds. The van der Waals surface area contributed by atoms with E-state index in [1.807, 2.05) is 0 Å². The molecular weight excluding hydrogens is 439 g/mol. The van der Waals surface area contributed by atoms with Crippen molar-refractivity contribution in [2.75, 3.05) is 13.7 Å². The molecule has 144 valence electrons. The molecule has 0 radical (unpaired) electrons. The summed E-state index contributed by atoms with van der Waals surface area (Å²) in [5, 5.41) is 3.55. The summed E-state index contributed by atoms with van der Waals surface area (Å²) in [4.78, 5) is 0.0793. The molecule has 6 nitrogen and oxygen atoms in total. The molecule has 0 atom stereocenters. The zero-order valence-electron chi connectivity index (χ0n) is 14.0. The van der Waals surface area contributed by atoms with Crippen LogP contribution in [0, 0.1) is 6.92 Å². The zero-order chi connectivity index (χ0) is 19.5. The lowest BCUT2D eigenvalue weighted by atomic mass is 10.3. The fourth-order valence-corrected chi connectivity index (χ4v) is 3.78. The van der Waals surface area contributed by atoms with Crippen LogP contribution in [0.5, 0.6) is 5.75 Å². The van der Waals surface area contributed by atoms with Gasteiger partial charge in [0.2, 0.25) is 10.0 Å². The normalized spacial score (nSPS) is 12.4. The van der Waals surface area contributed by atoms with Gasteiger partial charge in [-0.05, 0) is 53.5 Å². The number of aryl methyl sites for hydroxylation is 1. The van der Waals surface area contributed by atoms with Gasteiger partial charge in [-0.3, -0.25) is 4.68 Å². The van der Waals surface area contributed by atoms with Crippen molar-refractivity contribution in [3.63, 3.8) is 0 Å². The lowest BCUT2D eigenvalue weighted by Gasteiger charge is -2.08. The van der Waals surface area contributed by atoms with E-state index in [1.54, 1.807) is 0 Å². The third kappa shape index (κ3) is 4.77. The topological polar surface area (TPSA) is 73.2 Å². The summed E-state index contributed by atoms with van der Waals surface area (Å²) in [6.07, 6.45) is -4.27. The van der Waals surface area contributed by atoms with Gasteiger partial charge >= 0.3 is 6.18 Å². The zero-order valence-corrected chi connectivity index (χ0v) is 16.4. The number of alkyl halides is 3. The van der Waals surface area contributed by atoms with E-state index in [0.29, 0.717) is 11.4 Å². The van der Waals surface area contributed by atoms with Crippen LogP contribution < -0.4 is 9.46 Å². The van der Waals surface area contributed by atoms with Gasteiger partial charge in [-0.25, -0.2) is 13.1 Å². The van der Waals surface area contributed by atoms with Gasteiger partial charge in [0.05, 0.1) is 22.2 Å². The summed E-state index contributed by atoms with van der Waals surface area (Å²) in [7, 11) is -2.23. The van der Waals surface area contributed by atoms with Crippen molar-refractivity contribution < 1.29 is 26.3 Å². The predicted octanol–water partition coefficient (Wildman–Crippen LogP) is 3.35. The van der Waals surface area contributed by atoms with Crippen LogP contribution in [0.25, 0.3) is 0 Å². The molecule has 0 spiro atoms. The number of sulfonamides is 1. The highest BCUT2D eigenvalue weighted by molar-refractivity contribution is 9.10. The van der Waals surface area contributed by atoms with Crippen LogP contribution in [-0.4, -0.2) is 31.9 Å². The Labute approximate surface area is 157 Å². The van der Waals surface area contributed by atoms with Crippen LogP contribution in [0.15, 0.2) is 33.6 Å². The van der Waals surface area contributed by atoms with Gasteiger partial charge in [0.15, 0.2) is 5.69 Å². The lowest BCUT2D eigenvalue weighted by Crippen LogP contribution is -2.25. The van der Waals surface area contributed by atoms with Crippen molar-refractivity contribution in [3.8, 4) is 5.75 Å². The van der Waals surface area contributed by atoms with Crippen molar-refractivity contribution in [1.82, 2.24) is 14.5 Å². The van der Waals surface area contributed by atoms with Gasteiger partial charge < -0.3 is 4.74 Å². The maximum atomic E-state index is 12.8. The number of rotatable bonds is 7. The SMILES string of the molecule is COc1ccc(S(=O)(=O)NCCCn2nc(C(F)(F)F)c(Br)c2C)cc1. The molecule has 0 saturated carbocycles. The van der Waals surface area contributed by atoms with Gasteiger partial charge in [-0.1, -0.05) is 0 Å². The van der Waals surface area contributed by atoms with Crippen LogP contribution in [0.2, 0.25) is 0 Å². The van der Waals surface area contributed by atoms with Crippen molar-refractivity contribution in [1.29, 1.82) is 0 Å². The number of nitrogens with zero attached hydrogens (tertiary/aromatic N) is 2. The number of nitrogens with one attached hydrogen (secondary N) is 1. The van der Waals surface area contributed by atoms with Crippen molar-refractivity contribution in [2.45, 2.75) is 31.0 Å². The Kier molecular flexibility index (Phi) is 6.35. The van der Waals surface area contributed by atoms with Crippen LogP contribution >= 0.6 is 15.9 Å². The van der Waals surface area contributed by atoms with E-state index >= 15 is 0 Å². The molecule has 0 bridgehead atoms. The second kappa shape index (κ2) is 7.97. The highest BCUT2D eigenvalue weighted by Crippen LogP contribution is 2.35. The van der Waals surface area contributed by atoms with Crippen molar-refractivity contribution in [2.24, 2.45) is 0 Å². The molecule has 1 N–H and O–H groups in total. The monoisotopic (exact) mass is 455 g/mol. The molecule has 0 aliphatic heterocycles. The fourth-order valence-electron chi connectivity index (χ4n) is 2.20. The largest absolute Gasteiger partial charge is 0.497 e. The second-order valence-electron chi connectivity index (χ2n) is 5.40. The fraction of sp³-hybridized carbons (Fsp3) is 0.400. The predicted molar refractivity (Wildman–Crippen MR) is 92.5 cm³/mol. The molecule has 1 aromatic carbocycles. The second-order valence-corrected chi connectivity index (χ2v) is 7.96. The van der Waals surface area contributed by atoms with E-state index in [2.05, 4.69) is 25.8 Å². The van der Waals surface area contributed by atoms with E-state index in [0.717, 1.165) is 0 Å². The molecule has 0 saturated heterocycles. The first kappa shape index (κ1) is 20.7. The van der Waals surface area contributed by atoms with E-state index in [9.17, 15) is 21.6 Å². The highest BCUT2D eigenvalue weighted by atomic mass is 79.9. The molecule has 2 rings (SSSR count). The third-order valence-electron chi connectivity index (χ3n) is 3.61. The van der Waals surface area contributed by atoms with E-state index < -0.39 is 21.9 Å². The summed E-state index contributed by atoms with van der Waals surface area (Å²) in [5.74, 6) is 0.532. The number of ether oxygens (including phenoxy) is 1. The average molecular weight is 456 g/mol. The minimum absolute atomic E-state index is 0.0621. The van der Waals surface area contributed by atoms with Gasteiger partial charge in [0.25, 0.3) is 0 Å². The number of aromatic nitrogens is 2. The Morgan fingerprint density at radius 2 is 1.88 bits per heavy atom. The van der Waals surface area contributed by atoms with Gasteiger partial charge in [0.1, 0.15) is 5.75 Å². The van der Waals surface area contributed by atoms with Crippen molar-refractivity contribution in [3.05, 3.63) is 40.1 Å². The summed E-state index contributed by atoms with van der Waals surface area (Å²) >= 11 is 2.89. The molecule has 1 heterocycles. The molecule has 26 heavy (non-hydrogen) atoms. The Morgan fingerprint density at radius 1 is 1.27 bits per heavy atom. The lowest BCUT2D eigenvalue weighted by molar-refractivity contribution is -0.142. The molecule has 0 unspecified atom stereocenters. The number of halogens is 4. The smallest absolute Gasteiger partial charge is 0.436 e. The van der Waals surface area contributed by atoms with E-state index in [1.165, 1.54) is 43.0 Å². The summed E-state index contributed by atoms with van der Waals surface area (Å²) in [6, 6.07) is 5.87. The Morgan fingerprint density at radius 3 is 2.38 bits per heavy atom. The standard InChI is InChI=1S/C15H17BrF3N3O3S/c1-10-13(16)14(15(17,18)19)21-22(10)9-3-8-20-26(23,24)12-6-4-11(25-2)5-7-12/h4-7,20H,3,8-9H2,1-2H3. The van der Waals surface area contributed by atoms with Crippen molar-refractivity contribution >= 4 is 26.0 Å². The maximum Gasteiger partial charge on any atom is 0.436 e. The molecule has 11 heteroatoms. The molecule has 1 aromatic heterocycles. The van der Waals surface area contributed by atoms with Crippen LogP contribution in [0.4, 0.5) is 13.2 Å². The summed E-state index contributed by atoms with van der Waals surface area (Å²) < 4.78 is 71.3. The van der Waals surface area contributed by atoms with E-state index in [4.69, 9.17) is 4.74 Å². The van der Waals surface area contributed by atoms with E-state index in [-0.39, 0.29) is 28.9 Å². The molecule has 0 aliphatic rings. The first-order valence-electron chi connectivity index (χ1n) is 7.50. The Hall–Kier alpha value is -1.59. The minimum atomic E-state index is -4.55. The van der Waals surface area contributed by atoms with Gasteiger partial charge in [0, 0.05) is 13.1 Å². The first-order chi connectivity index (χ1) is 12.1. The average Bonchev–Trinajstić information content (AvgIpc) is 2.87. The molecule has 2 aromatic rings. The number of methoxy groups -OCH3 is 1. The summed E-state index contributed by atoms with van der Waals surface area (Å²) in [6.45, 7) is 1.71. The van der Waals surface area contributed by atoms with Crippen LogP contribution in [0.1, 0.15) is 17.8 Å². The Bertz CT molecular complexity index is 865. The third-order valence-corrected chi connectivity index (χ3v) is 6.04. The molecule has 0 fully saturated rings. The quantitative estimate of drug-likeness (QED) is 0.649. The maximum absolute atomic E-state index is 12.8. The minimum Gasteiger partial charge on any atom is -0.497 e. The number of hydrogen-bond acceptors (Lipinski definition) is 4. The number of hydrogen-bond donors (Lipinski definition) is 1. The van der Waals surface area contributed by atoms with Crippen LogP contribution in [0.3, 0.4) is 0 Å². The summed E-state index contributed by atoms with van der Waals surface area (Å²) in [5.41, 5.74) is -0.663. The Balaban J connectivity index is 1.96. The molecule has 0 aliphatic carbocycles. The number of benzene rings is 1. The first-order valence-corrected chi connectivity index (χ1v) is 9.77. The van der Waals surface area contributed by atoms with Gasteiger partial charge in [-0.15, -0.1) is 0 Å².